The zero-order valence-electron chi connectivity index (χ0n) is 14.3. The van der Waals surface area contributed by atoms with Crippen molar-refractivity contribution >= 4 is 34.5 Å². The molecular weight excluding hydrogens is 330 g/mol. The second-order valence-corrected chi connectivity index (χ2v) is 7.58. The summed E-state index contributed by atoms with van der Waals surface area (Å²) in [6.45, 7) is 8.60. The lowest BCUT2D eigenvalue weighted by Crippen LogP contribution is -2.15. The SMILES string of the molecule is CCc1nn(C)c(Cl)c1C(=O)Nc1ccsc1C(C)CC(C)C. The van der Waals surface area contributed by atoms with E-state index < -0.39 is 0 Å². The van der Waals surface area contributed by atoms with E-state index >= 15 is 0 Å². The van der Waals surface area contributed by atoms with Crippen LogP contribution in [0.1, 0.15) is 61.0 Å². The Labute approximate surface area is 146 Å². The van der Waals surface area contributed by atoms with Gasteiger partial charge in [-0.1, -0.05) is 39.3 Å². The summed E-state index contributed by atoms with van der Waals surface area (Å²) >= 11 is 7.93. The molecule has 2 heterocycles. The van der Waals surface area contributed by atoms with E-state index in [4.69, 9.17) is 11.6 Å². The molecule has 6 heteroatoms. The van der Waals surface area contributed by atoms with Gasteiger partial charge in [-0.2, -0.15) is 5.10 Å². The van der Waals surface area contributed by atoms with E-state index in [1.54, 1.807) is 23.1 Å². The van der Waals surface area contributed by atoms with Crippen LogP contribution in [0.5, 0.6) is 0 Å². The Kier molecular flexibility index (Phi) is 5.87. The summed E-state index contributed by atoms with van der Waals surface area (Å²) in [5, 5.41) is 9.73. The average Bonchev–Trinajstić information content (AvgIpc) is 3.03. The van der Waals surface area contributed by atoms with Crippen molar-refractivity contribution in [2.75, 3.05) is 5.32 Å². The standard InChI is InChI=1S/C17H24ClN3OS/c1-6-12-14(16(18)21(5)20-12)17(22)19-13-7-8-23-15(13)11(4)9-10(2)3/h7-8,10-11H,6,9H2,1-5H3,(H,19,22). The van der Waals surface area contributed by atoms with Gasteiger partial charge in [-0.15, -0.1) is 11.3 Å². The van der Waals surface area contributed by atoms with Gasteiger partial charge in [-0.25, -0.2) is 0 Å². The predicted molar refractivity (Wildman–Crippen MR) is 97.7 cm³/mol. The molecule has 23 heavy (non-hydrogen) atoms. The number of nitrogens with one attached hydrogen (secondary N) is 1. The molecule has 2 aromatic rings. The number of anilines is 1. The summed E-state index contributed by atoms with van der Waals surface area (Å²) in [4.78, 5) is 13.9. The van der Waals surface area contributed by atoms with Gasteiger partial charge in [0.05, 0.1) is 16.9 Å². The number of amides is 1. The molecule has 1 unspecified atom stereocenters. The Morgan fingerprint density at radius 3 is 2.74 bits per heavy atom. The van der Waals surface area contributed by atoms with E-state index in [0.29, 0.717) is 29.0 Å². The first-order chi connectivity index (χ1) is 10.8. The molecule has 0 radical (unpaired) electrons. The summed E-state index contributed by atoms with van der Waals surface area (Å²) in [7, 11) is 1.75. The number of rotatable bonds is 6. The van der Waals surface area contributed by atoms with Crippen molar-refractivity contribution in [2.24, 2.45) is 13.0 Å². The number of aryl methyl sites for hydroxylation is 2. The highest BCUT2D eigenvalue weighted by atomic mass is 35.5. The summed E-state index contributed by atoms with van der Waals surface area (Å²) < 4.78 is 1.55. The Bertz CT molecular complexity index is 690. The van der Waals surface area contributed by atoms with Crippen LogP contribution >= 0.6 is 22.9 Å². The minimum atomic E-state index is -0.184. The number of hydrogen-bond donors (Lipinski definition) is 1. The van der Waals surface area contributed by atoms with E-state index in [9.17, 15) is 4.79 Å². The highest BCUT2D eigenvalue weighted by molar-refractivity contribution is 7.10. The molecule has 0 fully saturated rings. The molecule has 2 aromatic heterocycles. The number of aromatic nitrogens is 2. The zero-order chi connectivity index (χ0) is 17.1. The topological polar surface area (TPSA) is 46.9 Å². The monoisotopic (exact) mass is 353 g/mol. The van der Waals surface area contributed by atoms with E-state index in [0.717, 1.165) is 17.8 Å². The van der Waals surface area contributed by atoms with Crippen molar-refractivity contribution in [1.29, 1.82) is 0 Å². The van der Waals surface area contributed by atoms with Crippen LogP contribution in [0.3, 0.4) is 0 Å². The maximum atomic E-state index is 12.7. The number of nitrogens with zero attached hydrogens (tertiary/aromatic N) is 2. The lowest BCUT2D eigenvalue weighted by Gasteiger charge is -2.15. The third-order valence-electron chi connectivity index (χ3n) is 3.83. The molecule has 0 saturated heterocycles. The van der Waals surface area contributed by atoms with Crippen LogP contribution in [0, 0.1) is 5.92 Å². The predicted octanol–water partition coefficient (Wildman–Crippen LogP) is 5.10. The molecule has 126 valence electrons. The minimum absolute atomic E-state index is 0.184. The maximum Gasteiger partial charge on any atom is 0.260 e. The fourth-order valence-electron chi connectivity index (χ4n) is 2.83. The van der Waals surface area contributed by atoms with Gasteiger partial charge in [0.1, 0.15) is 5.15 Å². The summed E-state index contributed by atoms with van der Waals surface area (Å²) in [5.41, 5.74) is 2.09. The molecule has 0 aromatic carbocycles. The Morgan fingerprint density at radius 1 is 1.43 bits per heavy atom. The number of carbonyl (C=O) groups is 1. The second-order valence-electron chi connectivity index (χ2n) is 6.27. The first-order valence-electron chi connectivity index (χ1n) is 7.95. The quantitative estimate of drug-likeness (QED) is 0.785. The minimum Gasteiger partial charge on any atom is -0.321 e. The molecule has 0 spiro atoms. The molecule has 4 nitrogen and oxygen atoms in total. The van der Waals surface area contributed by atoms with Crippen LogP contribution < -0.4 is 5.32 Å². The van der Waals surface area contributed by atoms with Gasteiger partial charge in [-0.3, -0.25) is 9.48 Å². The van der Waals surface area contributed by atoms with E-state index in [2.05, 4.69) is 31.2 Å². The van der Waals surface area contributed by atoms with Crippen LogP contribution in [-0.4, -0.2) is 15.7 Å². The lowest BCUT2D eigenvalue weighted by molar-refractivity contribution is 0.102. The van der Waals surface area contributed by atoms with E-state index in [1.165, 1.54) is 4.88 Å². The Balaban J connectivity index is 2.24. The van der Waals surface area contributed by atoms with Crippen molar-refractivity contribution in [3.63, 3.8) is 0 Å². The van der Waals surface area contributed by atoms with Crippen LogP contribution in [0.2, 0.25) is 5.15 Å². The second kappa shape index (κ2) is 7.49. The smallest absolute Gasteiger partial charge is 0.260 e. The first kappa shape index (κ1) is 18.0. The van der Waals surface area contributed by atoms with Crippen LogP contribution in [0.25, 0.3) is 0 Å². The third kappa shape index (κ3) is 3.96. The Morgan fingerprint density at radius 2 is 2.13 bits per heavy atom. The van der Waals surface area contributed by atoms with Crippen LogP contribution in [-0.2, 0) is 13.5 Å². The average molecular weight is 354 g/mol. The number of halogens is 1. The van der Waals surface area contributed by atoms with Crippen molar-refractivity contribution in [1.82, 2.24) is 9.78 Å². The Hall–Kier alpha value is -1.33. The van der Waals surface area contributed by atoms with Gasteiger partial charge in [0.15, 0.2) is 0 Å². The van der Waals surface area contributed by atoms with Gasteiger partial charge in [-0.05, 0) is 36.1 Å². The summed E-state index contributed by atoms with van der Waals surface area (Å²) in [6.07, 6.45) is 1.76. The van der Waals surface area contributed by atoms with Gasteiger partial charge in [0, 0.05) is 11.9 Å². The normalized spacial score (nSPS) is 12.7. The first-order valence-corrected chi connectivity index (χ1v) is 9.20. The van der Waals surface area contributed by atoms with Crippen LogP contribution in [0.4, 0.5) is 5.69 Å². The van der Waals surface area contributed by atoms with Crippen molar-refractivity contribution < 1.29 is 4.79 Å². The fourth-order valence-corrected chi connectivity index (χ4v) is 3.99. The van der Waals surface area contributed by atoms with Crippen molar-refractivity contribution in [3.8, 4) is 0 Å². The molecule has 0 aliphatic heterocycles. The van der Waals surface area contributed by atoms with Crippen molar-refractivity contribution in [3.05, 3.63) is 32.7 Å². The fraction of sp³-hybridized carbons (Fsp3) is 0.529. The van der Waals surface area contributed by atoms with Gasteiger partial charge >= 0.3 is 0 Å². The summed E-state index contributed by atoms with van der Waals surface area (Å²) in [5.74, 6) is 0.853. The molecule has 0 bridgehead atoms. The summed E-state index contributed by atoms with van der Waals surface area (Å²) in [6, 6.07) is 1.96. The molecule has 2 rings (SSSR count). The molecular formula is C17H24ClN3OS. The number of carbonyl (C=O) groups excluding carboxylic acids is 1. The van der Waals surface area contributed by atoms with E-state index in [-0.39, 0.29) is 5.91 Å². The lowest BCUT2D eigenvalue weighted by atomic mass is 9.97. The molecule has 0 aliphatic carbocycles. The largest absolute Gasteiger partial charge is 0.321 e. The molecule has 1 N–H and O–H groups in total. The van der Waals surface area contributed by atoms with Crippen molar-refractivity contribution in [2.45, 2.75) is 46.5 Å². The zero-order valence-corrected chi connectivity index (χ0v) is 15.9. The number of hydrogen-bond acceptors (Lipinski definition) is 3. The third-order valence-corrected chi connectivity index (χ3v) is 5.41. The molecule has 1 atom stereocenters. The van der Waals surface area contributed by atoms with Gasteiger partial charge < -0.3 is 5.32 Å². The van der Waals surface area contributed by atoms with E-state index in [1.807, 2.05) is 18.4 Å². The number of thiophene rings is 1. The highest BCUT2D eigenvalue weighted by Crippen LogP contribution is 2.34. The molecule has 0 saturated carbocycles. The van der Waals surface area contributed by atoms with Gasteiger partial charge in [0.2, 0.25) is 0 Å². The highest BCUT2D eigenvalue weighted by Gasteiger charge is 2.22. The van der Waals surface area contributed by atoms with Crippen LogP contribution in [0.15, 0.2) is 11.4 Å². The van der Waals surface area contributed by atoms with Gasteiger partial charge in [0.25, 0.3) is 5.91 Å². The molecule has 1 amide bonds. The maximum absolute atomic E-state index is 12.7. The molecule has 0 aliphatic rings.